The minimum absolute atomic E-state index is 0.105. The van der Waals surface area contributed by atoms with Gasteiger partial charge >= 0.3 is 0 Å². The summed E-state index contributed by atoms with van der Waals surface area (Å²) in [7, 11) is 1.55. The van der Waals surface area contributed by atoms with Crippen molar-refractivity contribution in [3.05, 3.63) is 47.7 Å². The fourth-order valence-electron chi connectivity index (χ4n) is 1.63. The third kappa shape index (κ3) is 4.16. The van der Waals surface area contributed by atoms with Gasteiger partial charge in [0, 0.05) is 13.7 Å². The lowest BCUT2D eigenvalue weighted by Crippen LogP contribution is -2.16. The van der Waals surface area contributed by atoms with Gasteiger partial charge in [-0.3, -0.25) is 4.79 Å². The molecule has 0 radical (unpaired) electrons. The number of benzene rings is 1. The van der Waals surface area contributed by atoms with Crippen molar-refractivity contribution >= 4 is 17.4 Å². The maximum atomic E-state index is 13.5. The van der Waals surface area contributed by atoms with E-state index in [2.05, 4.69) is 20.6 Å². The van der Waals surface area contributed by atoms with Crippen LogP contribution in [-0.4, -0.2) is 36.1 Å². The first-order valence-corrected chi connectivity index (χ1v) is 6.52. The number of carbonyl (C=O) groups is 1. The molecule has 2 rings (SSSR count). The molecule has 0 saturated heterocycles. The van der Waals surface area contributed by atoms with Crippen LogP contribution in [0.5, 0.6) is 0 Å². The molecule has 0 aliphatic heterocycles. The van der Waals surface area contributed by atoms with Crippen LogP contribution in [0, 0.1) is 17.5 Å². The molecule has 0 saturated carbocycles. The average molecular weight is 326 g/mol. The van der Waals surface area contributed by atoms with Gasteiger partial charge in [0.2, 0.25) is 0 Å². The number of hydrogen-bond acceptors (Lipinski definition) is 5. The normalized spacial score (nSPS) is 10.4. The molecule has 122 valence electrons. The Morgan fingerprint density at radius 3 is 2.61 bits per heavy atom. The van der Waals surface area contributed by atoms with Gasteiger partial charge in [-0.25, -0.2) is 23.1 Å². The van der Waals surface area contributed by atoms with E-state index in [1.54, 1.807) is 7.11 Å². The van der Waals surface area contributed by atoms with E-state index in [0.717, 1.165) is 6.07 Å². The molecule has 0 unspecified atom stereocenters. The van der Waals surface area contributed by atoms with Crippen LogP contribution in [0.15, 0.2) is 24.5 Å². The fourth-order valence-corrected chi connectivity index (χ4v) is 1.63. The molecule has 1 amide bonds. The number of rotatable bonds is 6. The predicted molar refractivity (Wildman–Crippen MR) is 76.7 cm³/mol. The van der Waals surface area contributed by atoms with Crippen molar-refractivity contribution in [2.24, 2.45) is 0 Å². The van der Waals surface area contributed by atoms with E-state index in [1.807, 2.05) is 0 Å². The van der Waals surface area contributed by atoms with Crippen molar-refractivity contribution in [2.45, 2.75) is 0 Å². The monoisotopic (exact) mass is 326 g/mol. The van der Waals surface area contributed by atoms with Gasteiger partial charge < -0.3 is 15.4 Å². The van der Waals surface area contributed by atoms with Crippen LogP contribution in [0.1, 0.15) is 10.5 Å². The lowest BCUT2D eigenvalue weighted by atomic mass is 10.2. The van der Waals surface area contributed by atoms with E-state index >= 15 is 0 Å². The van der Waals surface area contributed by atoms with Crippen molar-refractivity contribution in [3.8, 4) is 0 Å². The highest BCUT2D eigenvalue weighted by Crippen LogP contribution is 2.20. The van der Waals surface area contributed by atoms with Gasteiger partial charge in [0.25, 0.3) is 5.91 Å². The minimum Gasteiger partial charge on any atom is -0.383 e. The number of ether oxygens (including phenoxy) is 1. The molecular formula is C14H13F3N4O2. The molecule has 1 heterocycles. The second-order valence-corrected chi connectivity index (χ2v) is 4.38. The van der Waals surface area contributed by atoms with Crippen LogP contribution < -0.4 is 10.6 Å². The van der Waals surface area contributed by atoms with E-state index in [1.165, 1.54) is 12.4 Å². The Kier molecular flexibility index (Phi) is 5.47. The zero-order valence-electron chi connectivity index (χ0n) is 12.1. The fraction of sp³-hybridized carbons (Fsp3) is 0.214. The zero-order chi connectivity index (χ0) is 16.8. The molecule has 23 heavy (non-hydrogen) atoms. The Labute approximate surface area is 129 Å². The highest BCUT2D eigenvalue weighted by Gasteiger charge is 2.16. The van der Waals surface area contributed by atoms with Crippen LogP contribution in [0.25, 0.3) is 0 Å². The second kappa shape index (κ2) is 7.54. The maximum Gasteiger partial charge on any atom is 0.275 e. The number of halogens is 3. The summed E-state index contributed by atoms with van der Waals surface area (Å²) in [6.45, 7) is 0.982. The first-order valence-electron chi connectivity index (χ1n) is 6.52. The van der Waals surface area contributed by atoms with E-state index in [0.29, 0.717) is 25.0 Å². The second-order valence-electron chi connectivity index (χ2n) is 4.38. The lowest BCUT2D eigenvalue weighted by molar-refractivity contribution is 0.102. The van der Waals surface area contributed by atoms with Crippen molar-refractivity contribution in [3.63, 3.8) is 0 Å². The quantitative estimate of drug-likeness (QED) is 0.629. The summed E-state index contributed by atoms with van der Waals surface area (Å²) in [5.74, 6) is -4.86. The van der Waals surface area contributed by atoms with Crippen molar-refractivity contribution < 1.29 is 22.7 Å². The zero-order valence-corrected chi connectivity index (χ0v) is 12.1. The molecule has 9 heteroatoms. The van der Waals surface area contributed by atoms with Gasteiger partial charge in [-0.2, -0.15) is 0 Å². The molecule has 0 atom stereocenters. The number of aromatic nitrogens is 2. The van der Waals surface area contributed by atoms with Crippen LogP contribution >= 0.6 is 0 Å². The molecule has 0 spiro atoms. The van der Waals surface area contributed by atoms with Crippen molar-refractivity contribution in [1.29, 1.82) is 0 Å². The molecule has 0 aliphatic carbocycles. The SMILES string of the molecule is COCCNc1cnc(C(=O)Nc2ccc(F)c(F)c2F)cn1. The summed E-state index contributed by atoms with van der Waals surface area (Å²) in [5.41, 5.74) is -0.593. The first kappa shape index (κ1) is 16.7. The molecular weight excluding hydrogens is 313 g/mol. The molecule has 0 aliphatic rings. The standard InChI is InChI=1S/C14H13F3N4O2/c1-23-5-4-18-11-7-19-10(6-20-11)14(22)21-9-3-2-8(15)12(16)13(9)17/h2-3,6-7H,4-5H2,1H3,(H,18,20)(H,21,22). The summed E-state index contributed by atoms with van der Waals surface area (Å²) < 4.78 is 44.3. The highest BCUT2D eigenvalue weighted by molar-refractivity contribution is 6.02. The third-order valence-corrected chi connectivity index (χ3v) is 2.78. The molecule has 2 aromatic rings. The van der Waals surface area contributed by atoms with Gasteiger partial charge in [-0.05, 0) is 12.1 Å². The number of amides is 1. The highest BCUT2D eigenvalue weighted by atomic mass is 19.2. The van der Waals surface area contributed by atoms with E-state index in [9.17, 15) is 18.0 Å². The van der Waals surface area contributed by atoms with E-state index in [-0.39, 0.29) is 5.69 Å². The number of anilines is 2. The minimum atomic E-state index is -1.66. The Hall–Kier alpha value is -2.68. The summed E-state index contributed by atoms with van der Waals surface area (Å²) in [6, 6.07) is 1.63. The van der Waals surface area contributed by atoms with Gasteiger partial charge in [0.15, 0.2) is 17.5 Å². The number of hydrogen-bond donors (Lipinski definition) is 2. The summed E-state index contributed by atoms with van der Waals surface area (Å²) in [5, 5.41) is 5.01. The van der Waals surface area contributed by atoms with Crippen molar-refractivity contribution in [1.82, 2.24) is 9.97 Å². The average Bonchev–Trinajstić information content (AvgIpc) is 2.56. The number of carbonyl (C=O) groups excluding carboxylic acids is 1. The summed E-state index contributed by atoms with van der Waals surface area (Å²) in [6.07, 6.45) is 2.48. The van der Waals surface area contributed by atoms with Gasteiger partial charge in [0.05, 0.1) is 24.7 Å². The number of methoxy groups -OCH3 is 1. The van der Waals surface area contributed by atoms with Crippen LogP contribution in [-0.2, 0) is 4.74 Å². The smallest absolute Gasteiger partial charge is 0.275 e. The van der Waals surface area contributed by atoms with Crippen LogP contribution in [0.2, 0.25) is 0 Å². The topological polar surface area (TPSA) is 76.1 Å². The summed E-state index contributed by atoms with van der Waals surface area (Å²) in [4.78, 5) is 19.7. The lowest BCUT2D eigenvalue weighted by Gasteiger charge is -2.08. The molecule has 6 nitrogen and oxygen atoms in total. The molecule has 0 bridgehead atoms. The van der Waals surface area contributed by atoms with Gasteiger partial charge in [-0.1, -0.05) is 0 Å². The summed E-state index contributed by atoms with van der Waals surface area (Å²) >= 11 is 0. The third-order valence-electron chi connectivity index (χ3n) is 2.78. The van der Waals surface area contributed by atoms with Gasteiger partial charge in [-0.15, -0.1) is 0 Å². The Morgan fingerprint density at radius 1 is 1.17 bits per heavy atom. The largest absolute Gasteiger partial charge is 0.383 e. The van der Waals surface area contributed by atoms with Crippen LogP contribution in [0.3, 0.4) is 0 Å². The molecule has 1 aromatic carbocycles. The molecule has 0 fully saturated rings. The Morgan fingerprint density at radius 2 is 1.96 bits per heavy atom. The van der Waals surface area contributed by atoms with E-state index in [4.69, 9.17) is 4.74 Å². The first-order chi connectivity index (χ1) is 11.0. The van der Waals surface area contributed by atoms with E-state index < -0.39 is 29.0 Å². The van der Waals surface area contributed by atoms with Gasteiger partial charge in [0.1, 0.15) is 11.5 Å². The Bertz CT molecular complexity index is 695. The number of nitrogens with zero attached hydrogens (tertiary/aromatic N) is 2. The Balaban J connectivity index is 2.05. The predicted octanol–water partition coefficient (Wildman–Crippen LogP) is 2.20. The molecule has 2 N–H and O–H groups in total. The van der Waals surface area contributed by atoms with Crippen LogP contribution in [0.4, 0.5) is 24.7 Å². The molecule has 1 aromatic heterocycles. The number of nitrogens with one attached hydrogen (secondary N) is 2. The maximum absolute atomic E-state index is 13.5. The van der Waals surface area contributed by atoms with Crippen molar-refractivity contribution in [2.75, 3.05) is 30.9 Å².